The summed E-state index contributed by atoms with van der Waals surface area (Å²) in [5.41, 5.74) is 2.48. The molecule has 0 saturated heterocycles. The number of fused-ring (bicyclic) bond motifs is 1. The lowest BCUT2D eigenvalue weighted by Crippen LogP contribution is -2.42. The van der Waals surface area contributed by atoms with Crippen molar-refractivity contribution in [2.24, 2.45) is 0 Å². The molecule has 0 radical (unpaired) electrons. The van der Waals surface area contributed by atoms with Crippen LogP contribution in [0.4, 0.5) is 5.69 Å². The highest BCUT2D eigenvalue weighted by molar-refractivity contribution is 5.83. The van der Waals surface area contributed by atoms with Gasteiger partial charge in [0, 0.05) is 26.6 Å². The lowest BCUT2D eigenvalue weighted by Gasteiger charge is -2.26. The second kappa shape index (κ2) is 12.0. The van der Waals surface area contributed by atoms with Gasteiger partial charge in [0.1, 0.15) is 12.4 Å². The zero-order valence-electron chi connectivity index (χ0n) is 18.4. The maximum atomic E-state index is 12.5. The van der Waals surface area contributed by atoms with E-state index in [1.807, 2.05) is 12.1 Å². The zero-order chi connectivity index (χ0) is 21.9. The highest BCUT2D eigenvalue weighted by Crippen LogP contribution is 2.29. The molecule has 2 aromatic carbocycles. The molecular weight excluding hydrogens is 390 g/mol. The Bertz CT molecular complexity index is 841. The number of hydrogen-bond donors (Lipinski definition) is 1. The molecule has 3 rings (SSSR count). The predicted molar refractivity (Wildman–Crippen MR) is 123 cm³/mol. The second-order valence-electron chi connectivity index (χ2n) is 7.89. The number of ether oxygens (including phenoxy) is 1. The molecule has 0 aromatic heterocycles. The lowest BCUT2D eigenvalue weighted by atomic mass is 10.1. The molecule has 1 aliphatic heterocycles. The molecule has 0 atom stereocenters. The van der Waals surface area contributed by atoms with Crippen LogP contribution < -0.4 is 15.0 Å². The van der Waals surface area contributed by atoms with E-state index in [4.69, 9.17) is 4.74 Å². The van der Waals surface area contributed by atoms with Crippen molar-refractivity contribution >= 4 is 17.5 Å². The van der Waals surface area contributed by atoms with Crippen LogP contribution in [0.25, 0.3) is 0 Å². The molecule has 1 N–H and O–H groups in total. The first-order valence-corrected chi connectivity index (χ1v) is 11.2. The third-order valence-electron chi connectivity index (χ3n) is 5.51. The van der Waals surface area contributed by atoms with Crippen LogP contribution in [-0.4, -0.2) is 56.0 Å². The molecule has 166 valence electrons. The number of amides is 2. The topological polar surface area (TPSA) is 61.9 Å². The molecule has 6 nitrogen and oxygen atoms in total. The fourth-order valence-electron chi connectivity index (χ4n) is 3.86. The summed E-state index contributed by atoms with van der Waals surface area (Å²) in [6.45, 7) is 4.96. The summed E-state index contributed by atoms with van der Waals surface area (Å²) < 4.78 is 6.10. The fraction of sp³-hybridized carbons (Fsp3) is 0.440. The highest BCUT2D eigenvalue weighted by Gasteiger charge is 2.17. The Balaban J connectivity index is 1.63. The summed E-state index contributed by atoms with van der Waals surface area (Å²) in [6.07, 6.45) is 4.03. The first kappa shape index (κ1) is 22.7. The number of nitrogens with zero attached hydrogens (tertiary/aromatic N) is 2. The van der Waals surface area contributed by atoms with Crippen LogP contribution in [0.15, 0.2) is 54.6 Å². The molecule has 0 fully saturated rings. The maximum Gasteiger partial charge on any atom is 0.242 e. The van der Waals surface area contributed by atoms with Crippen LogP contribution >= 0.6 is 0 Å². The van der Waals surface area contributed by atoms with E-state index in [2.05, 4.69) is 52.7 Å². The van der Waals surface area contributed by atoms with Gasteiger partial charge in [0.2, 0.25) is 11.8 Å². The molecule has 6 heteroatoms. The Kier molecular flexibility index (Phi) is 8.76. The van der Waals surface area contributed by atoms with Gasteiger partial charge in [-0.2, -0.15) is 0 Å². The molecule has 1 aliphatic rings. The van der Waals surface area contributed by atoms with Gasteiger partial charge in [-0.25, -0.2) is 0 Å². The van der Waals surface area contributed by atoms with E-state index in [1.54, 1.807) is 4.90 Å². The molecule has 1 heterocycles. The van der Waals surface area contributed by atoms with Crippen molar-refractivity contribution in [2.75, 3.05) is 44.2 Å². The number of anilines is 1. The summed E-state index contributed by atoms with van der Waals surface area (Å²) in [4.78, 5) is 27.8. The van der Waals surface area contributed by atoms with E-state index in [0.29, 0.717) is 19.7 Å². The number of carbonyl (C=O) groups excluding carboxylic acids is 2. The van der Waals surface area contributed by atoms with Crippen molar-refractivity contribution in [1.82, 2.24) is 10.2 Å². The van der Waals surface area contributed by atoms with Crippen molar-refractivity contribution in [2.45, 2.75) is 32.6 Å². The number of nitrogens with one attached hydrogen (secondary N) is 1. The molecule has 0 saturated carbocycles. The monoisotopic (exact) mass is 423 g/mol. The standard InChI is InChI=1S/C25H33N3O3/c1-21(29)26-20-25(30)28-16-8-7-15-27(17-9-12-22-10-3-2-4-11-22)23-13-5-6-14-24(23)31-19-18-28/h2-6,10-11,13-14H,7-9,12,15-20H2,1H3,(H,26,29). The number of hydrogen-bond acceptors (Lipinski definition) is 4. The summed E-state index contributed by atoms with van der Waals surface area (Å²) in [5, 5.41) is 2.60. The molecule has 0 spiro atoms. The molecule has 0 unspecified atom stereocenters. The Morgan fingerprint density at radius 3 is 2.52 bits per heavy atom. The number of aryl methyl sites for hydroxylation is 1. The van der Waals surface area contributed by atoms with Crippen LogP contribution in [-0.2, 0) is 16.0 Å². The summed E-state index contributed by atoms with van der Waals surface area (Å²) in [7, 11) is 0. The minimum Gasteiger partial charge on any atom is -0.490 e. The average Bonchev–Trinajstić information content (AvgIpc) is 2.82. The van der Waals surface area contributed by atoms with Crippen LogP contribution in [0.1, 0.15) is 31.7 Å². The minimum atomic E-state index is -0.192. The summed E-state index contributed by atoms with van der Waals surface area (Å²) >= 11 is 0. The first-order chi connectivity index (χ1) is 15.1. The van der Waals surface area contributed by atoms with Crippen molar-refractivity contribution in [3.05, 3.63) is 60.2 Å². The maximum absolute atomic E-state index is 12.5. The Morgan fingerprint density at radius 2 is 1.71 bits per heavy atom. The van der Waals surface area contributed by atoms with Crippen molar-refractivity contribution in [3.8, 4) is 5.75 Å². The molecular formula is C25H33N3O3. The van der Waals surface area contributed by atoms with Crippen LogP contribution in [0, 0.1) is 0 Å². The number of carbonyl (C=O) groups is 2. The van der Waals surface area contributed by atoms with Gasteiger partial charge in [-0.1, -0.05) is 42.5 Å². The van der Waals surface area contributed by atoms with E-state index >= 15 is 0 Å². The molecule has 0 aliphatic carbocycles. The van der Waals surface area contributed by atoms with Gasteiger partial charge < -0.3 is 19.9 Å². The Labute approximate surface area is 185 Å². The number of benzene rings is 2. The van der Waals surface area contributed by atoms with Gasteiger partial charge in [0.05, 0.1) is 18.8 Å². The Hall–Kier alpha value is -3.02. The number of rotatable bonds is 6. The Morgan fingerprint density at radius 1 is 0.968 bits per heavy atom. The minimum absolute atomic E-state index is 0.0392. The summed E-state index contributed by atoms with van der Waals surface area (Å²) in [6, 6.07) is 18.7. The predicted octanol–water partition coefficient (Wildman–Crippen LogP) is 3.26. The SMILES string of the molecule is CC(=O)NCC(=O)N1CCCCN(CCCc2ccccc2)c2ccccc2OCC1. The van der Waals surface area contributed by atoms with Gasteiger partial charge in [-0.3, -0.25) is 9.59 Å². The fourth-order valence-corrected chi connectivity index (χ4v) is 3.86. The largest absolute Gasteiger partial charge is 0.490 e. The van der Waals surface area contributed by atoms with Crippen LogP contribution in [0.2, 0.25) is 0 Å². The molecule has 2 amide bonds. The van der Waals surface area contributed by atoms with Gasteiger partial charge in [0.15, 0.2) is 0 Å². The van der Waals surface area contributed by atoms with E-state index in [-0.39, 0.29) is 18.4 Å². The summed E-state index contributed by atoms with van der Waals surface area (Å²) in [5.74, 6) is 0.604. The average molecular weight is 424 g/mol. The van der Waals surface area contributed by atoms with E-state index < -0.39 is 0 Å². The van der Waals surface area contributed by atoms with E-state index in [0.717, 1.165) is 50.2 Å². The normalized spacial score (nSPS) is 14.7. The zero-order valence-corrected chi connectivity index (χ0v) is 18.4. The van der Waals surface area contributed by atoms with Crippen molar-refractivity contribution < 1.29 is 14.3 Å². The third kappa shape index (κ3) is 7.31. The third-order valence-corrected chi connectivity index (χ3v) is 5.51. The van der Waals surface area contributed by atoms with Crippen LogP contribution in [0.3, 0.4) is 0 Å². The quantitative estimate of drug-likeness (QED) is 0.775. The van der Waals surface area contributed by atoms with Crippen molar-refractivity contribution in [3.63, 3.8) is 0 Å². The lowest BCUT2D eigenvalue weighted by molar-refractivity contribution is -0.132. The van der Waals surface area contributed by atoms with Gasteiger partial charge in [-0.15, -0.1) is 0 Å². The first-order valence-electron chi connectivity index (χ1n) is 11.2. The molecule has 0 bridgehead atoms. The van der Waals surface area contributed by atoms with E-state index in [9.17, 15) is 9.59 Å². The van der Waals surface area contributed by atoms with E-state index in [1.165, 1.54) is 12.5 Å². The smallest absolute Gasteiger partial charge is 0.242 e. The number of para-hydroxylation sites is 2. The van der Waals surface area contributed by atoms with Gasteiger partial charge in [0.25, 0.3) is 0 Å². The van der Waals surface area contributed by atoms with Gasteiger partial charge >= 0.3 is 0 Å². The van der Waals surface area contributed by atoms with Gasteiger partial charge in [-0.05, 0) is 43.4 Å². The second-order valence-corrected chi connectivity index (χ2v) is 7.89. The van der Waals surface area contributed by atoms with Crippen molar-refractivity contribution in [1.29, 1.82) is 0 Å². The molecule has 2 aromatic rings. The van der Waals surface area contributed by atoms with Crippen LogP contribution in [0.5, 0.6) is 5.75 Å². The highest BCUT2D eigenvalue weighted by atomic mass is 16.5. The molecule has 31 heavy (non-hydrogen) atoms.